The van der Waals surface area contributed by atoms with Crippen LogP contribution in [0.5, 0.6) is 5.75 Å². The van der Waals surface area contributed by atoms with Crippen molar-refractivity contribution in [3.05, 3.63) is 65.1 Å². The van der Waals surface area contributed by atoms with Crippen molar-refractivity contribution in [3.8, 4) is 11.8 Å². The number of rotatable bonds is 9. The lowest BCUT2D eigenvalue weighted by molar-refractivity contribution is -0.111. The van der Waals surface area contributed by atoms with Crippen molar-refractivity contribution in [3.63, 3.8) is 0 Å². The highest BCUT2D eigenvalue weighted by Crippen LogP contribution is 2.36. The molecule has 0 saturated carbocycles. The molecule has 10 heteroatoms. The number of nitrogens with one attached hydrogen (secondary N) is 2. The first-order valence-corrected chi connectivity index (χ1v) is 10.6. The second-order valence-electron chi connectivity index (χ2n) is 7.36. The van der Waals surface area contributed by atoms with Gasteiger partial charge in [-0.05, 0) is 31.3 Å². The van der Waals surface area contributed by atoms with E-state index in [1.807, 2.05) is 11.9 Å². The van der Waals surface area contributed by atoms with Crippen LogP contribution in [0.3, 0.4) is 0 Å². The molecule has 34 heavy (non-hydrogen) atoms. The summed E-state index contributed by atoms with van der Waals surface area (Å²) >= 11 is 5.89. The maximum atomic E-state index is 13.6. The van der Waals surface area contributed by atoms with Gasteiger partial charge in [0.15, 0.2) is 0 Å². The number of carbonyl (C=O) groups excluding carboxylic acids is 1. The lowest BCUT2D eigenvalue weighted by atomic mass is 10.1. The number of methoxy groups -OCH3 is 1. The van der Waals surface area contributed by atoms with Crippen LogP contribution in [0.2, 0.25) is 5.02 Å². The average molecular weight is 484 g/mol. The number of benzene rings is 2. The molecule has 1 aromatic heterocycles. The van der Waals surface area contributed by atoms with Crippen LogP contribution in [0.15, 0.2) is 48.7 Å². The number of nitrogens with zero attached hydrogens (tertiary/aromatic N) is 3. The van der Waals surface area contributed by atoms with E-state index in [1.54, 1.807) is 18.2 Å². The topological polar surface area (TPSA) is 111 Å². The maximum absolute atomic E-state index is 13.6. The summed E-state index contributed by atoms with van der Waals surface area (Å²) in [4.78, 5) is 18.6. The van der Waals surface area contributed by atoms with Gasteiger partial charge in [0.25, 0.3) is 0 Å². The Hall–Kier alpha value is -3.71. The molecule has 2 aromatic carbocycles. The number of nitriles is 1. The largest absolute Gasteiger partial charge is 0.494 e. The number of ether oxygens (including phenoxy) is 1. The Morgan fingerprint density at radius 1 is 1.38 bits per heavy atom. The third-order valence-electron chi connectivity index (χ3n) is 4.92. The van der Waals surface area contributed by atoms with Crippen molar-refractivity contribution in [2.75, 3.05) is 44.5 Å². The van der Waals surface area contributed by atoms with E-state index in [2.05, 4.69) is 21.7 Å². The molecule has 0 unspecified atom stereocenters. The fourth-order valence-corrected chi connectivity index (χ4v) is 3.38. The van der Waals surface area contributed by atoms with E-state index in [0.717, 1.165) is 0 Å². The number of hydrogen-bond acceptors (Lipinski definition) is 7. The van der Waals surface area contributed by atoms with Crippen LogP contribution in [-0.4, -0.2) is 54.8 Å². The van der Waals surface area contributed by atoms with Gasteiger partial charge in [0.1, 0.15) is 17.6 Å². The highest BCUT2D eigenvalue weighted by molar-refractivity contribution is 6.31. The van der Waals surface area contributed by atoms with Crippen molar-refractivity contribution >= 4 is 45.5 Å². The molecule has 0 aliphatic heterocycles. The summed E-state index contributed by atoms with van der Waals surface area (Å²) in [6.45, 7) is 1.02. The minimum absolute atomic E-state index is 0.0318. The van der Waals surface area contributed by atoms with E-state index in [4.69, 9.17) is 21.4 Å². The monoisotopic (exact) mass is 483 g/mol. The molecule has 0 saturated heterocycles. The summed E-state index contributed by atoms with van der Waals surface area (Å²) in [5, 5.41) is 24.9. The molecule has 1 heterocycles. The summed E-state index contributed by atoms with van der Waals surface area (Å²) in [5.41, 5.74) is 2.06. The minimum atomic E-state index is -0.558. The second kappa shape index (κ2) is 11.4. The van der Waals surface area contributed by atoms with Crippen LogP contribution in [0.25, 0.3) is 10.9 Å². The standard InChI is InChI=1S/C24H23ClFN5O3/c1-31(8-9-32)7-3-4-23(33)30-21-11-17-20(12-22(21)34-2)28-14-15(13-27)24(17)29-16-5-6-19(26)18(25)10-16/h3-6,10-12,14,32H,7-9H2,1-2H3,(H,28,29)(H,30,33)/b4-3+. The molecule has 0 fully saturated rings. The molecular weight excluding hydrogens is 461 g/mol. The minimum Gasteiger partial charge on any atom is -0.494 e. The van der Waals surface area contributed by atoms with Gasteiger partial charge in [-0.25, -0.2) is 4.39 Å². The number of aromatic nitrogens is 1. The zero-order chi connectivity index (χ0) is 24.7. The second-order valence-corrected chi connectivity index (χ2v) is 7.77. The Labute approximate surface area is 201 Å². The lowest BCUT2D eigenvalue weighted by Gasteiger charge is -2.15. The normalized spacial score (nSPS) is 11.1. The third-order valence-corrected chi connectivity index (χ3v) is 5.21. The highest BCUT2D eigenvalue weighted by atomic mass is 35.5. The van der Waals surface area contributed by atoms with Gasteiger partial charge in [-0.3, -0.25) is 9.78 Å². The Balaban J connectivity index is 1.97. The number of carbonyl (C=O) groups is 1. The molecule has 8 nitrogen and oxygen atoms in total. The van der Waals surface area contributed by atoms with Crippen molar-refractivity contribution in [2.45, 2.75) is 0 Å². The molecule has 3 N–H and O–H groups in total. The van der Waals surface area contributed by atoms with Gasteiger partial charge in [0, 0.05) is 42.5 Å². The van der Waals surface area contributed by atoms with Crippen LogP contribution in [0, 0.1) is 17.1 Å². The average Bonchev–Trinajstić information content (AvgIpc) is 2.81. The summed E-state index contributed by atoms with van der Waals surface area (Å²) < 4.78 is 19.0. The summed E-state index contributed by atoms with van der Waals surface area (Å²) in [6, 6.07) is 9.52. The summed E-state index contributed by atoms with van der Waals surface area (Å²) in [7, 11) is 3.30. The number of aliphatic hydroxyl groups is 1. The first kappa shape index (κ1) is 24.9. The molecular formula is C24H23ClFN5O3. The number of amides is 1. The molecule has 3 aromatic rings. The highest BCUT2D eigenvalue weighted by Gasteiger charge is 2.15. The number of fused-ring (bicyclic) bond motifs is 1. The number of aliphatic hydroxyl groups excluding tert-OH is 1. The van der Waals surface area contributed by atoms with Gasteiger partial charge in [-0.1, -0.05) is 17.7 Å². The van der Waals surface area contributed by atoms with Crippen LogP contribution < -0.4 is 15.4 Å². The fraction of sp³-hybridized carbons (Fsp3) is 0.208. The van der Waals surface area contributed by atoms with E-state index in [-0.39, 0.29) is 23.1 Å². The SMILES string of the molecule is COc1cc2ncc(C#N)c(Nc3ccc(F)c(Cl)c3)c2cc1NC(=O)/C=C/CN(C)CCO. The molecule has 1 amide bonds. The van der Waals surface area contributed by atoms with Crippen molar-refractivity contribution < 1.29 is 19.0 Å². The Bertz CT molecular complexity index is 1280. The Morgan fingerprint density at radius 2 is 2.18 bits per heavy atom. The number of pyridine rings is 1. The van der Waals surface area contributed by atoms with Gasteiger partial charge >= 0.3 is 0 Å². The van der Waals surface area contributed by atoms with E-state index >= 15 is 0 Å². The van der Waals surface area contributed by atoms with Crippen molar-refractivity contribution in [2.24, 2.45) is 0 Å². The predicted octanol–water partition coefficient (Wildman–Crippen LogP) is 4.07. The number of anilines is 3. The maximum Gasteiger partial charge on any atom is 0.248 e. The van der Waals surface area contributed by atoms with Gasteiger partial charge < -0.3 is 25.4 Å². The molecule has 0 radical (unpaired) electrons. The van der Waals surface area contributed by atoms with E-state index in [9.17, 15) is 14.4 Å². The van der Waals surface area contributed by atoms with Crippen molar-refractivity contribution in [1.82, 2.24) is 9.88 Å². The third kappa shape index (κ3) is 5.99. The van der Waals surface area contributed by atoms with Crippen LogP contribution in [-0.2, 0) is 4.79 Å². The molecule has 0 aliphatic rings. The molecule has 0 bridgehead atoms. The quantitative estimate of drug-likeness (QED) is 0.393. The summed E-state index contributed by atoms with van der Waals surface area (Å²) in [6.07, 6.45) is 4.49. The lowest BCUT2D eigenvalue weighted by Crippen LogP contribution is -2.22. The van der Waals surface area contributed by atoms with Gasteiger partial charge in [-0.15, -0.1) is 0 Å². The predicted molar refractivity (Wildman–Crippen MR) is 130 cm³/mol. The number of halogens is 2. The summed E-state index contributed by atoms with van der Waals surface area (Å²) in [5.74, 6) is -0.545. The molecule has 3 rings (SSSR count). The molecule has 0 aliphatic carbocycles. The Morgan fingerprint density at radius 3 is 2.85 bits per heavy atom. The molecule has 176 valence electrons. The van der Waals surface area contributed by atoms with Crippen LogP contribution in [0.4, 0.5) is 21.5 Å². The fourth-order valence-electron chi connectivity index (χ4n) is 3.20. The van der Waals surface area contributed by atoms with Gasteiger partial charge in [0.05, 0.1) is 41.2 Å². The zero-order valence-corrected chi connectivity index (χ0v) is 19.4. The van der Waals surface area contributed by atoms with Crippen LogP contribution >= 0.6 is 11.6 Å². The van der Waals surface area contributed by atoms with Crippen molar-refractivity contribution in [1.29, 1.82) is 5.26 Å². The first-order valence-electron chi connectivity index (χ1n) is 10.3. The van der Waals surface area contributed by atoms with E-state index in [1.165, 1.54) is 37.6 Å². The molecule has 0 atom stereocenters. The first-order chi connectivity index (χ1) is 16.4. The smallest absolute Gasteiger partial charge is 0.248 e. The zero-order valence-electron chi connectivity index (χ0n) is 18.6. The van der Waals surface area contributed by atoms with Gasteiger partial charge in [0.2, 0.25) is 5.91 Å². The van der Waals surface area contributed by atoms with E-state index < -0.39 is 5.82 Å². The van der Waals surface area contributed by atoms with Crippen LogP contribution in [0.1, 0.15) is 5.56 Å². The Kier molecular flexibility index (Phi) is 8.38. The van der Waals surface area contributed by atoms with Gasteiger partial charge in [-0.2, -0.15) is 5.26 Å². The molecule has 0 spiro atoms. The number of hydrogen-bond donors (Lipinski definition) is 3. The number of likely N-dealkylation sites (N-methyl/N-ethyl adjacent to an activating group) is 1. The van der Waals surface area contributed by atoms with E-state index in [0.29, 0.717) is 46.8 Å².